The molecule has 156 valence electrons. The van der Waals surface area contributed by atoms with Gasteiger partial charge in [0.2, 0.25) is 0 Å². The van der Waals surface area contributed by atoms with Crippen molar-refractivity contribution < 1.29 is 19.1 Å². The second-order valence-electron chi connectivity index (χ2n) is 6.85. The van der Waals surface area contributed by atoms with E-state index in [9.17, 15) is 9.59 Å². The zero-order valence-electron chi connectivity index (χ0n) is 17.4. The Balaban J connectivity index is 2.18. The first-order chi connectivity index (χ1) is 14.4. The molecule has 1 aliphatic rings. The number of anilines is 1. The van der Waals surface area contributed by atoms with Gasteiger partial charge in [-0.15, -0.1) is 0 Å². The molecule has 0 bridgehead atoms. The third-order valence-corrected chi connectivity index (χ3v) is 5.25. The lowest BCUT2D eigenvalue weighted by molar-refractivity contribution is -0.139. The van der Waals surface area contributed by atoms with Crippen molar-refractivity contribution in [3.8, 4) is 0 Å². The third kappa shape index (κ3) is 4.07. The maximum atomic E-state index is 13.0. The first-order valence-electron chi connectivity index (χ1n) is 9.61. The van der Waals surface area contributed by atoms with Crippen LogP contribution in [0.3, 0.4) is 0 Å². The SMILES string of the molecule is CCOC(=O)C1=C(C)N(c2ccc(C)cc2)C(=S)NC1c1ccccc1C(=O)OC. The van der Waals surface area contributed by atoms with E-state index in [0.29, 0.717) is 27.5 Å². The summed E-state index contributed by atoms with van der Waals surface area (Å²) in [5.41, 5.74) is 3.94. The van der Waals surface area contributed by atoms with E-state index in [1.165, 1.54) is 7.11 Å². The number of carbonyl (C=O) groups is 2. The van der Waals surface area contributed by atoms with Crippen LogP contribution in [0.25, 0.3) is 0 Å². The van der Waals surface area contributed by atoms with Crippen LogP contribution in [-0.2, 0) is 14.3 Å². The molecule has 1 heterocycles. The van der Waals surface area contributed by atoms with Crippen molar-refractivity contribution >= 4 is 35.0 Å². The summed E-state index contributed by atoms with van der Waals surface area (Å²) < 4.78 is 10.3. The highest BCUT2D eigenvalue weighted by molar-refractivity contribution is 7.80. The standard InChI is InChI=1S/C23H24N2O4S/c1-5-29-22(27)19-15(3)25(16-12-10-14(2)11-13-16)23(30)24-20(19)17-8-6-7-9-18(17)21(26)28-4/h6-13,20H,5H2,1-4H3,(H,24,30). The Morgan fingerprint density at radius 2 is 1.73 bits per heavy atom. The number of nitrogens with one attached hydrogen (secondary N) is 1. The molecule has 0 saturated heterocycles. The zero-order chi connectivity index (χ0) is 21.8. The predicted octanol–water partition coefficient (Wildman–Crippen LogP) is 4.05. The lowest BCUT2D eigenvalue weighted by atomic mass is 9.91. The zero-order valence-corrected chi connectivity index (χ0v) is 18.2. The summed E-state index contributed by atoms with van der Waals surface area (Å²) in [6, 6.07) is 14.2. The normalized spacial score (nSPS) is 16.2. The summed E-state index contributed by atoms with van der Waals surface area (Å²) in [6.07, 6.45) is 0. The Hall–Kier alpha value is -3.19. The molecule has 1 N–H and O–H groups in total. The molecule has 0 saturated carbocycles. The number of esters is 2. The van der Waals surface area contributed by atoms with Gasteiger partial charge in [-0.2, -0.15) is 0 Å². The molecule has 0 spiro atoms. The fourth-order valence-electron chi connectivity index (χ4n) is 3.50. The molecule has 1 atom stereocenters. The minimum Gasteiger partial charge on any atom is -0.465 e. The van der Waals surface area contributed by atoms with Crippen LogP contribution < -0.4 is 10.2 Å². The molecular weight excluding hydrogens is 400 g/mol. The van der Waals surface area contributed by atoms with Crippen LogP contribution in [0.15, 0.2) is 59.8 Å². The Bertz CT molecular complexity index is 1010. The maximum Gasteiger partial charge on any atom is 0.338 e. The number of rotatable bonds is 5. The molecule has 7 heteroatoms. The molecule has 1 aliphatic heterocycles. The smallest absolute Gasteiger partial charge is 0.338 e. The van der Waals surface area contributed by atoms with Gasteiger partial charge < -0.3 is 14.8 Å². The molecule has 6 nitrogen and oxygen atoms in total. The van der Waals surface area contributed by atoms with E-state index in [1.54, 1.807) is 36.1 Å². The molecule has 0 aliphatic carbocycles. The van der Waals surface area contributed by atoms with Crippen molar-refractivity contribution in [2.24, 2.45) is 0 Å². The first kappa shape index (κ1) is 21.5. The lowest BCUT2D eigenvalue weighted by Crippen LogP contribution is -2.48. The van der Waals surface area contributed by atoms with Gasteiger partial charge in [-0.3, -0.25) is 4.90 Å². The fourth-order valence-corrected chi connectivity index (χ4v) is 3.86. The van der Waals surface area contributed by atoms with Crippen LogP contribution in [0, 0.1) is 6.92 Å². The average molecular weight is 425 g/mol. The van der Waals surface area contributed by atoms with Gasteiger partial charge in [0, 0.05) is 11.4 Å². The monoisotopic (exact) mass is 424 g/mol. The number of carbonyl (C=O) groups excluding carboxylic acids is 2. The van der Waals surface area contributed by atoms with Gasteiger partial charge in [-0.05, 0) is 56.8 Å². The van der Waals surface area contributed by atoms with E-state index in [-0.39, 0.29) is 6.61 Å². The van der Waals surface area contributed by atoms with Crippen LogP contribution in [0.5, 0.6) is 0 Å². The Morgan fingerprint density at radius 3 is 2.37 bits per heavy atom. The molecule has 3 rings (SSSR count). The number of nitrogens with zero attached hydrogens (tertiary/aromatic N) is 1. The van der Waals surface area contributed by atoms with Crippen molar-refractivity contribution in [2.45, 2.75) is 26.8 Å². The van der Waals surface area contributed by atoms with Gasteiger partial charge >= 0.3 is 11.9 Å². The first-order valence-corrected chi connectivity index (χ1v) is 10.0. The molecular formula is C23H24N2O4S. The highest BCUT2D eigenvalue weighted by atomic mass is 32.1. The van der Waals surface area contributed by atoms with Crippen molar-refractivity contribution in [3.63, 3.8) is 0 Å². The Morgan fingerprint density at radius 1 is 1.07 bits per heavy atom. The van der Waals surface area contributed by atoms with E-state index in [1.807, 2.05) is 38.1 Å². The summed E-state index contributed by atoms with van der Waals surface area (Å²) in [7, 11) is 1.32. The van der Waals surface area contributed by atoms with E-state index in [0.717, 1.165) is 11.3 Å². The number of allylic oxidation sites excluding steroid dienone is 1. The summed E-state index contributed by atoms with van der Waals surface area (Å²) >= 11 is 5.65. The maximum absolute atomic E-state index is 13.0. The average Bonchev–Trinajstić information content (AvgIpc) is 2.74. The van der Waals surface area contributed by atoms with Crippen molar-refractivity contribution in [1.82, 2.24) is 5.32 Å². The molecule has 0 aromatic heterocycles. The summed E-state index contributed by atoms with van der Waals surface area (Å²) in [5, 5.41) is 3.65. The minimum absolute atomic E-state index is 0.232. The summed E-state index contributed by atoms with van der Waals surface area (Å²) in [4.78, 5) is 27.1. The van der Waals surface area contributed by atoms with Crippen molar-refractivity contribution in [1.29, 1.82) is 0 Å². The van der Waals surface area contributed by atoms with E-state index >= 15 is 0 Å². The topological polar surface area (TPSA) is 67.9 Å². The minimum atomic E-state index is -0.645. The molecule has 0 radical (unpaired) electrons. The number of aryl methyl sites for hydroxylation is 1. The fraction of sp³-hybridized carbons (Fsp3) is 0.261. The molecule has 2 aromatic rings. The van der Waals surface area contributed by atoms with E-state index in [2.05, 4.69) is 5.32 Å². The van der Waals surface area contributed by atoms with Gasteiger partial charge in [0.1, 0.15) is 0 Å². The second kappa shape index (κ2) is 9.09. The van der Waals surface area contributed by atoms with Crippen molar-refractivity contribution in [3.05, 3.63) is 76.5 Å². The molecule has 0 fully saturated rings. The van der Waals surface area contributed by atoms with Crippen molar-refractivity contribution in [2.75, 3.05) is 18.6 Å². The van der Waals surface area contributed by atoms with Crippen LogP contribution >= 0.6 is 12.2 Å². The van der Waals surface area contributed by atoms with Crippen LogP contribution in [0.2, 0.25) is 0 Å². The third-order valence-electron chi connectivity index (χ3n) is 4.95. The molecule has 1 unspecified atom stereocenters. The predicted molar refractivity (Wildman–Crippen MR) is 119 cm³/mol. The van der Waals surface area contributed by atoms with Crippen LogP contribution in [0.4, 0.5) is 5.69 Å². The van der Waals surface area contributed by atoms with Gasteiger partial charge in [0.25, 0.3) is 0 Å². The molecule has 30 heavy (non-hydrogen) atoms. The highest BCUT2D eigenvalue weighted by Crippen LogP contribution is 2.35. The van der Waals surface area contributed by atoms with E-state index in [4.69, 9.17) is 21.7 Å². The lowest BCUT2D eigenvalue weighted by Gasteiger charge is -2.38. The number of ether oxygens (including phenoxy) is 2. The van der Waals surface area contributed by atoms with Crippen LogP contribution in [0.1, 0.15) is 41.4 Å². The molecule has 2 aromatic carbocycles. The van der Waals surface area contributed by atoms with Gasteiger partial charge in [0.05, 0.1) is 30.9 Å². The summed E-state index contributed by atoms with van der Waals surface area (Å²) in [5.74, 6) is -0.952. The molecule has 0 amide bonds. The Kier molecular flexibility index (Phi) is 6.52. The number of hydrogen-bond donors (Lipinski definition) is 1. The number of methoxy groups -OCH3 is 1. The van der Waals surface area contributed by atoms with Gasteiger partial charge in [0.15, 0.2) is 5.11 Å². The highest BCUT2D eigenvalue weighted by Gasteiger charge is 2.37. The Labute approximate surface area is 181 Å². The number of hydrogen-bond acceptors (Lipinski definition) is 5. The van der Waals surface area contributed by atoms with E-state index < -0.39 is 18.0 Å². The van der Waals surface area contributed by atoms with Gasteiger partial charge in [-0.1, -0.05) is 35.9 Å². The van der Waals surface area contributed by atoms with Gasteiger partial charge in [-0.25, -0.2) is 9.59 Å². The summed E-state index contributed by atoms with van der Waals surface area (Å²) in [6.45, 7) is 5.82. The van der Waals surface area contributed by atoms with Crippen LogP contribution in [-0.4, -0.2) is 30.8 Å². The quantitative estimate of drug-likeness (QED) is 0.574. The second-order valence-corrected chi connectivity index (χ2v) is 7.24. The number of thiocarbonyl (C=S) groups is 1. The largest absolute Gasteiger partial charge is 0.465 e. The number of benzene rings is 2.